The summed E-state index contributed by atoms with van der Waals surface area (Å²) in [5, 5.41) is 0. The van der Waals surface area contributed by atoms with Gasteiger partial charge in [-0.2, -0.15) is 0 Å². The highest BCUT2D eigenvalue weighted by Crippen LogP contribution is 2.29. The summed E-state index contributed by atoms with van der Waals surface area (Å²) in [5.41, 5.74) is 1.89. The average molecular weight is 399 g/mol. The summed E-state index contributed by atoms with van der Waals surface area (Å²) >= 11 is 0. The molecule has 0 saturated carbocycles. The van der Waals surface area contributed by atoms with Crippen molar-refractivity contribution in [1.29, 1.82) is 0 Å². The van der Waals surface area contributed by atoms with Crippen molar-refractivity contribution < 1.29 is 14.3 Å². The maximum Gasteiger partial charge on any atom is 0.380 e. The summed E-state index contributed by atoms with van der Waals surface area (Å²) in [6, 6.07) is 28.5. The summed E-state index contributed by atoms with van der Waals surface area (Å²) in [6.07, 6.45) is 1.70. The lowest BCUT2D eigenvalue weighted by Crippen LogP contribution is -2.30. The van der Waals surface area contributed by atoms with Gasteiger partial charge in [-0.05, 0) is 50.6 Å². The molecule has 4 nitrogen and oxygen atoms in total. The molecule has 0 fully saturated rings. The fourth-order valence-electron chi connectivity index (χ4n) is 2.92. The SMILES string of the molecule is CC(C)(C)OC(=O)C(=O)/C(=C/N(c1ccccc1)c1ccccc1)c1ccccc1. The number of ketones is 1. The molecule has 0 N–H and O–H groups in total. The van der Waals surface area contributed by atoms with E-state index in [0.29, 0.717) is 5.56 Å². The van der Waals surface area contributed by atoms with Crippen LogP contribution in [-0.4, -0.2) is 17.4 Å². The predicted molar refractivity (Wildman–Crippen MR) is 120 cm³/mol. The highest BCUT2D eigenvalue weighted by Gasteiger charge is 2.27. The molecule has 0 amide bonds. The molecular formula is C26H25NO3. The highest BCUT2D eigenvalue weighted by atomic mass is 16.6. The van der Waals surface area contributed by atoms with Gasteiger partial charge in [-0.3, -0.25) is 4.79 Å². The van der Waals surface area contributed by atoms with Crippen molar-refractivity contribution in [1.82, 2.24) is 0 Å². The number of benzene rings is 3. The number of hydrogen-bond acceptors (Lipinski definition) is 4. The minimum absolute atomic E-state index is 0.262. The lowest BCUT2D eigenvalue weighted by Gasteiger charge is -2.23. The number of carbonyl (C=O) groups excluding carboxylic acids is 2. The van der Waals surface area contributed by atoms with Gasteiger partial charge < -0.3 is 9.64 Å². The van der Waals surface area contributed by atoms with Crippen molar-refractivity contribution in [2.75, 3.05) is 4.90 Å². The van der Waals surface area contributed by atoms with Crippen LogP contribution in [0.3, 0.4) is 0 Å². The van der Waals surface area contributed by atoms with Crippen molar-refractivity contribution in [2.24, 2.45) is 0 Å². The monoisotopic (exact) mass is 399 g/mol. The summed E-state index contributed by atoms with van der Waals surface area (Å²) in [7, 11) is 0. The van der Waals surface area contributed by atoms with Crippen LogP contribution in [0.4, 0.5) is 11.4 Å². The van der Waals surface area contributed by atoms with Gasteiger partial charge in [0.2, 0.25) is 0 Å². The zero-order valence-electron chi connectivity index (χ0n) is 17.4. The lowest BCUT2D eigenvalue weighted by molar-refractivity contribution is -0.160. The van der Waals surface area contributed by atoms with Crippen LogP contribution in [0, 0.1) is 0 Å². The van der Waals surface area contributed by atoms with Crippen LogP contribution in [0.15, 0.2) is 97.2 Å². The molecule has 4 heteroatoms. The Bertz CT molecular complexity index is 981. The van der Waals surface area contributed by atoms with Gasteiger partial charge in [0, 0.05) is 17.6 Å². The molecule has 3 aromatic carbocycles. The van der Waals surface area contributed by atoms with Crippen molar-refractivity contribution >= 4 is 28.7 Å². The molecule has 0 aliphatic carbocycles. The molecule has 0 unspecified atom stereocenters. The van der Waals surface area contributed by atoms with E-state index >= 15 is 0 Å². The van der Waals surface area contributed by atoms with E-state index in [-0.39, 0.29) is 5.57 Å². The van der Waals surface area contributed by atoms with Crippen LogP contribution >= 0.6 is 0 Å². The van der Waals surface area contributed by atoms with Crippen LogP contribution < -0.4 is 4.90 Å². The molecule has 0 aromatic heterocycles. The van der Waals surface area contributed by atoms with Crippen LogP contribution in [-0.2, 0) is 14.3 Å². The normalized spacial score (nSPS) is 11.6. The maximum absolute atomic E-state index is 13.2. The molecule has 152 valence electrons. The molecule has 0 aliphatic rings. The summed E-state index contributed by atoms with van der Waals surface area (Å²) in [4.78, 5) is 27.6. The largest absolute Gasteiger partial charge is 0.454 e. The Hall–Kier alpha value is -3.66. The first-order valence-corrected chi connectivity index (χ1v) is 9.79. The average Bonchev–Trinajstić information content (AvgIpc) is 2.75. The Labute approximate surface area is 177 Å². The van der Waals surface area contributed by atoms with Gasteiger partial charge in [-0.1, -0.05) is 66.7 Å². The number of Topliss-reactive ketones (excluding diaryl/α,β-unsaturated/α-hetero) is 1. The Kier molecular flexibility index (Phi) is 6.48. The lowest BCUT2D eigenvalue weighted by atomic mass is 10.0. The van der Waals surface area contributed by atoms with E-state index in [0.717, 1.165) is 11.4 Å². The zero-order chi connectivity index (χ0) is 21.6. The third-order valence-corrected chi connectivity index (χ3v) is 4.24. The first-order chi connectivity index (χ1) is 14.3. The summed E-state index contributed by atoms with van der Waals surface area (Å²) in [5.74, 6) is -1.56. The van der Waals surface area contributed by atoms with Gasteiger partial charge in [-0.25, -0.2) is 4.79 Å². The molecule has 30 heavy (non-hydrogen) atoms. The fraction of sp³-hybridized carbons (Fsp3) is 0.154. The second kappa shape index (κ2) is 9.23. The third kappa shape index (κ3) is 5.45. The summed E-state index contributed by atoms with van der Waals surface area (Å²) < 4.78 is 5.35. The molecule has 0 aliphatic heterocycles. The van der Waals surface area contributed by atoms with Gasteiger partial charge in [0.1, 0.15) is 5.60 Å². The van der Waals surface area contributed by atoms with Gasteiger partial charge in [-0.15, -0.1) is 0 Å². The molecule has 0 heterocycles. The van der Waals surface area contributed by atoms with Crippen LogP contribution in [0.5, 0.6) is 0 Å². The number of rotatable bonds is 6. The second-order valence-electron chi connectivity index (χ2n) is 7.78. The quantitative estimate of drug-likeness (QED) is 0.300. The first kappa shape index (κ1) is 21.1. The van der Waals surface area contributed by atoms with Gasteiger partial charge in [0.25, 0.3) is 5.78 Å². The van der Waals surface area contributed by atoms with Crippen molar-refractivity contribution in [3.05, 3.63) is 103 Å². The van der Waals surface area contributed by atoms with Crippen molar-refractivity contribution in [2.45, 2.75) is 26.4 Å². The number of nitrogens with zero attached hydrogens (tertiary/aromatic N) is 1. The second-order valence-corrected chi connectivity index (χ2v) is 7.78. The Balaban J connectivity index is 2.12. The predicted octanol–water partition coefficient (Wildman–Crippen LogP) is 5.78. The molecule has 3 aromatic rings. The molecule has 0 atom stereocenters. The van der Waals surface area contributed by atoms with E-state index in [2.05, 4.69) is 0 Å². The minimum atomic E-state index is -0.876. The van der Waals surface area contributed by atoms with E-state index in [1.54, 1.807) is 27.0 Å². The Morgan fingerprint density at radius 1 is 0.733 bits per heavy atom. The van der Waals surface area contributed by atoms with Crippen LogP contribution in [0.1, 0.15) is 26.3 Å². The smallest absolute Gasteiger partial charge is 0.380 e. The number of ether oxygens (including phenoxy) is 1. The number of anilines is 2. The van der Waals surface area contributed by atoms with Gasteiger partial charge in [0.15, 0.2) is 0 Å². The van der Waals surface area contributed by atoms with Crippen molar-refractivity contribution in [3.8, 4) is 0 Å². The highest BCUT2D eigenvalue weighted by molar-refractivity contribution is 6.51. The first-order valence-electron chi connectivity index (χ1n) is 9.79. The topological polar surface area (TPSA) is 46.6 Å². The van der Waals surface area contributed by atoms with Gasteiger partial charge >= 0.3 is 5.97 Å². The van der Waals surface area contributed by atoms with E-state index in [1.807, 2.05) is 95.9 Å². The van der Waals surface area contributed by atoms with E-state index in [1.165, 1.54) is 0 Å². The number of carbonyl (C=O) groups is 2. The molecule has 0 saturated heterocycles. The fourth-order valence-corrected chi connectivity index (χ4v) is 2.92. The van der Waals surface area contributed by atoms with Crippen LogP contribution in [0.25, 0.3) is 5.57 Å². The Morgan fingerprint density at radius 3 is 1.60 bits per heavy atom. The summed E-state index contributed by atoms with van der Waals surface area (Å²) in [6.45, 7) is 5.22. The van der Waals surface area contributed by atoms with E-state index < -0.39 is 17.4 Å². The third-order valence-electron chi connectivity index (χ3n) is 4.24. The molecule has 0 spiro atoms. The number of hydrogen-bond donors (Lipinski definition) is 0. The number of para-hydroxylation sites is 2. The standard InChI is InChI=1S/C26H25NO3/c1-26(2,3)30-25(29)24(28)23(20-13-7-4-8-14-20)19-27(21-15-9-5-10-16-21)22-17-11-6-12-18-22/h4-19H,1-3H3/b23-19+. The van der Waals surface area contributed by atoms with Gasteiger partial charge in [0.05, 0.1) is 5.57 Å². The van der Waals surface area contributed by atoms with E-state index in [9.17, 15) is 9.59 Å². The molecule has 0 radical (unpaired) electrons. The Morgan fingerprint density at radius 2 is 1.17 bits per heavy atom. The maximum atomic E-state index is 13.2. The van der Waals surface area contributed by atoms with E-state index in [4.69, 9.17) is 4.74 Å². The van der Waals surface area contributed by atoms with Crippen molar-refractivity contribution in [3.63, 3.8) is 0 Å². The number of esters is 1. The zero-order valence-corrected chi connectivity index (χ0v) is 17.4. The molecular weight excluding hydrogens is 374 g/mol. The molecule has 0 bridgehead atoms. The molecule has 3 rings (SSSR count). The van der Waals surface area contributed by atoms with Crippen LogP contribution in [0.2, 0.25) is 0 Å². The minimum Gasteiger partial charge on any atom is -0.454 e.